The fraction of sp³-hybridized carbons (Fsp3) is 0.757. The Labute approximate surface area is 520 Å². The Morgan fingerprint density at radius 2 is 0.847 bits per heavy atom. The highest BCUT2D eigenvalue weighted by atomic mass is 16.7. The zero-order valence-corrected chi connectivity index (χ0v) is 54.5. The van der Waals surface area contributed by atoms with Crippen LogP contribution in [0.1, 0.15) is 297 Å². The molecule has 8 atom stereocenters. The van der Waals surface area contributed by atoms with Gasteiger partial charge in [0.15, 0.2) is 12.4 Å². The van der Waals surface area contributed by atoms with Crippen LogP contribution in [-0.4, -0.2) is 99.6 Å². The number of hydrogen-bond acceptors (Lipinski definition) is 10. The number of hydrogen-bond donors (Lipinski definition) is 6. The lowest BCUT2D eigenvalue weighted by Gasteiger charge is -2.41. The number of esters is 1. The molecule has 11 heteroatoms. The topological polar surface area (TPSA) is 175 Å². The maximum atomic E-state index is 13.5. The number of aliphatic hydroxyl groups is 5. The minimum Gasteiger partial charge on any atom is -0.454 e. The summed E-state index contributed by atoms with van der Waals surface area (Å²) >= 11 is 0. The molecule has 1 heterocycles. The van der Waals surface area contributed by atoms with Crippen molar-refractivity contribution < 1.29 is 49.3 Å². The Hall–Kier alpha value is -3.42. The second-order valence-electron chi connectivity index (χ2n) is 23.9. The molecule has 1 amide bonds. The number of rotatable bonds is 59. The van der Waals surface area contributed by atoms with Crippen molar-refractivity contribution in [3.63, 3.8) is 0 Å². The summed E-state index contributed by atoms with van der Waals surface area (Å²) in [4.78, 5) is 26.7. The highest BCUT2D eigenvalue weighted by Gasteiger charge is 2.47. The van der Waals surface area contributed by atoms with Gasteiger partial charge in [-0.25, -0.2) is 0 Å². The van der Waals surface area contributed by atoms with Gasteiger partial charge in [0, 0.05) is 6.42 Å². The Kier molecular flexibility index (Phi) is 57.0. The Balaban J connectivity index is 2.57. The fourth-order valence-corrected chi connectivity index (χ4v) is 10.5. The van der Waals surface area contributed by atoms with Crippen LogP contribution in [0.5, 0.6) is 0 Å². The summed E-state index contributed by atoms with van der Waals surface area (Å²) in [5.74, 6) is -1.20. The van der Waals surface area contributed by atoms with E-state index < -0.39 is 67.4 Å². The van der Waals surface area contributed by atoms with E-state index in [0.29, 0.717) is 12.8 Å². The summed E-state index contributed by atoms with van der Waals surface area (Å²) in [6, 6.07) is -1.03. The number of aliphatic hydroxyl groups excluding tert-OH is 5. The SMILES string of the molecule is CC/C=C\C/C=C\C/C=C\C/C=C\C/C=C\CCCCCCCCCCCC(=O)OC1C(OCC(NC(=O)C(O)CCCCCCCCCCCC/C=C\C/C=C\CCCCC)C(O)/C=C/CCCCCCCCCCC)OC(CO)C(O)C1O. The third-order valence-electron chi connectivity index (χ3n) is 16.0. The standard InChI is InChI=1S/C74H129NO10/c1-4-7-10-13-16-19-22-24-26-28-30-32-33-34-35-36-38-40-42-44-47-50-53-56-59-62-69(79)85-72-71(81)70(80)68(63-76)84-74(72)83-64-65(66(77)60-57-54-51-48-45-21-18-15-12-9-6-3)75-73(82)67(78)61-58-55-52-49-46-43-41-39-37-31-29-27-25-23-20-17-14-11-8-5-2/h7,10,16-17,19-20,24-27,30,32,34-35,57,60,65-68,70-72,74,76-78,80-81H,4-6,8-9,11-15,18,21-23,28-29,31,33,36-56,58-59,61-64H2,1-3H3,(H,75,82)/b10-7-,19-16-,20-17-,26-24-,27-25-,32-30-,35-34-,60-57+. The summed E-state index contributed by atoms with van der Waals surface area (Å²) in [7, 11) is 0. The molecule has 0 radical (unpaired) electrons. The van der Waals surface area contributed by atoms with Gasteiger partial charge in [-0.2, -0.15) is 0 Å². The van der Waals surface area contributed by atoms with Crippen molar-refractivity contribution in [2.45, 2.75) is 346 Å². The predicted molar refractivity (Wildman–Crippen MR) is 356 cm³/mol. The number of carbonyl (C=O) groups is 2. The molecule has 8 unspecified atom stereocenters. The molecular weight excluding hydrogens is 1060 g/mol. The zero-order valence-electron chi connectivity index (χ0n) is 54.5. The van der Waals surface area contributed by atoms with Crippen LogP contribution < -0.4 is 5.32 Å². The number of carbonyl (C=O) groups excluding carboxylic acids is 2. The maximum absolute atomic E-state index is 13.5. The lowest BCUT2D eigenvalue weighted by Crippen LogP contribution is -2.61. The smallest absolute Gasteiger partial charge is 0.306 e. The molecule has 1 aliphatic heterocycles. The first-order valence-electron chi connectivity index (χ1n) is 35.0. The second kappa shape index (κ2) is 60.8. The fourth-order valence-electron chi connectivity index (χ4n) is 10.5. The molecule has 1 saturated heterocycles. The molecule has 0 aromatic rings. The van der Waals surface area contributed by atoms with E-state index in [0.717, 1.165) is 116 Å². The molecule has 11 nitrogen and oxygen atoms in total. The van der Waals surface area contributed by atoms with Crippen LogP contribution in [-0.2, 0) is 23.8 Å². The maximum Gasteiger partial charge on any atom is 0.306 e. The van der Waals surface area contributed by atoms with Crippen LogP contribution in [0.2, 0.25) is 0 Å². The van der Waals surface area contributed by atoms with Crippen LogP contribution in [0.3, 0.4) is 0 Å². The Bertz CT molecular complexity index is 1750. The highest BCUT2D eigenvalue weighted by Crippen LogP contribution is 2.26. The van der Waals surface area contributed by atoms with Gasteiger partial charge in [-0.15, -0.1) is 0 Å². The average molecular weight is 1190 g/mol. The largest absolute Gasteiger partial charge is 0.454 e. The Morgan fingerprint density at radius 3 is 1.29 bits per heavy atom. The molecule has 0 spiro atoms. The zero-order chi connectivity index (χ0) is 61.7. The molecule has 0 aromatic carbocycles. The van der Waals surface area contributed by atoms with E-state index in [-0.39, 0.29) is 19.4 Å². The quantitative estimate of drug-likeness (QED) is 0.0195. The third kappa shape index (κ3) is 48.2. The van der Waals surface area contributed by atoms with Crippen molar-refractivity contribution in [1.29, 1.82) is 0 Å². The van der Waals surface area contributed by atoms with Crippen molar-refractivity contribution in [1.82, 2.24) is 5.32 Å². The van der Waals surface area contributed by atoms with Gasteiger partial charge in [-0.05, 0) is 103 Å². The van der Waals surface area contributed by atoms with Crippen LogP contribution >= 0.6 is 0 Å². The molecule has 1 fully saturated rings. The lowest BCUT2D eigenvalue weighted by atomic mass is 9.99. The molecule has 6 N–H and O–H groups in total. The summed E-state index contributed by atoms with van der Waals surface area (Å²) in [6.07, 6.45) is 71.5. The number of nitrogens with one attached hydrogen (secondary N) is 1. The van der Waals surface area contributed by atoms with Crippen LogP contribution in [0.25, 0.3) is 0 Å². The van der Waals surface area contributed by atoms with Gasteiger partial charge in [0.05, 0.1) is 25.4 Å². The van der Waals surface area contributed by atoms with Gasteiger partial charge in [0.1, 0.15) is 24.4 Å². The molecule has 85 heavy (non-hydrogen) atoms. The molecule has 0 aromatic heterocycles. The summed E-state index contributed by atoms with van der Waals surface area (Å²) in [5.41, 5.74) is 0. The highest BCUT2D eigenvalue weighted by molar-refractivity contribution is 5.80. The first kappa shape index (κ1) is 79.6. The Morgan fingerprint density at radius 1 is 0.471 bits per heavy atom. The number of ether oxygens (including phenoxy) is 3. The first-order chi connectivity index (χ1) is 41.7. The lowest BCUT2D eigenvalue weighted by molar-refractivity contribution is -0.305. The van der Waals surface area contributed by atoms with E-state index >= 15 is 0 Å². The third-order valence-corrected chi connectivity index (χ3v) is 16.0. The van der Waals surface area contributed by atoms with Gasteiger partial charge < -0.3 is 45.1 Å². The summed E-state index contributed by atoms with van der Waals surface area (Å²) in [6.45, 7) is 5.66. The number of amides is 1. The minimum atomic E-state index is -1.62. The monoisotopic (exact) mass is 1190 g/mol. The van der Waals surface area contributed by atoms with Gasteiger partial charge in [-0.3, -0.25) is 9.59 Å². The van der Waals surface area contributed by atoms with Gasteiger partial charge in [0.25, 0.3) is 0 Å². The molecule has 0 bridgehead atoms. The van der Waals surface area contributed by atoms with Gasteiger partial charge in [0.2, 0.25) is 5.91 Å². The summed E-state index contributed by atoms with van der Waals surface area (Å²) < 4.78 is 17.7. The van der Waals surface area contributed by atoms with Gasteiger partial charge in [-0.1, -0.05) is 285 Å². The van der Waals surface area contributed by atoms with Crippen molar-refractivity contribution in [3.8, 4) is 0 Å². The average Bonchev–Trinajstić information content (AvgIpc) is 2.90. The molecule has 0 aliphatic carbocycles. The van der Waals surface area contributed by atoms with E-state index in [4.69, 9.17) is 14.2 Å². The van der Waals surface area contributed by atoms with Crippen LogP contribution in [0.15, 0.2) is 97.2 Å². The number of unbranched alkanes of at least 4 members (excludes halogenated alkanes) is 31. The first-order valence-corrected chi connectivity index (χ1v) is 35.0. The van der Waals surface area contributed by atoms with E-state index in [2.05, 4.69) is 111 Å². The van der Waals surface area contributed by atoms with E-state index in [1.807, 2.05) is 6.08 Å². The summed E-state index contributed by atoms with van der Waals surface area (Å²) in [5, 5.41) is 57.2. The number of allylic oxidation sites excluding steroid dienone is 15. The van der Waals surface area contributed by atoms with Gasteiger partial charge >= 0.3 is 5.97 Å². The minimum absolute atomic E-state index is 0.112. The second-order valence-corrected chi connectivity index (χ2v) is 23.9. The van der Waals surface area contributed by atoms with E-state index in [1.54, 1.807) is 6.08 Å². The van der Waals surface area contributed by atoms with Crippen molar-refractivity contribution in [2.24, 2.45) is 0 Å². The molecule has 490 valence electrons. The molecule has 0 saturated carbocycles. The van der Waals surface area contributed by atoms with Crippen molar-refractivity contribution in [2.75, 3.05) is 13.2 Å². The predicted octanol–water partition coefficient (Wildman–Crippen LogP) is 17.8. The normalized spacial score (nSPS) is 19.0. The molecule has 1 aliphatic rings. The van der Waals surface area contributed by atoms with Crippen molar-refractivity contribution >= 4 is 11.9 Å². The van der Waals surface area contributed by atoms with Crippen LogP contribution in [0, 0.1) is 0 Å². The van der Waals surface area contributed by atoms with Crippen LogP contribution in [0.4, 0.5) is 0 Å². The van der Waals surface area contributed by atoms with E-state index in [1.165, 1.54) is 135 Å². The van der Waals surface area contributed by atoms with E-state index in [9.17, 15) is 35.1 Å². The van der Waals surface area contributed by atoms with Crippen molar-refractivity contribution in [3.05, 3.63) is 97.2 Å². The molecular formula is C74H129NO10. The molecule has 1 rings (SSSR count).